The molecular formula is C15H24. The first-order valence-corrected chi connectivity index (χ1v) is 6.47. The molecule has 0 nitrogen and oxygen atoms in total. The van der Waals surface area contributed by atoms with Gasteiger partial charge in [0.1, 0.15) is 0 Å². The fourth-order valence-corrected chi connectivity index (χ4v) is 3.83. The minimum atomic E-state index is 0.572. The fourth-order valence-electron chi connectivity index (χ4n) is 3.83. The van der Waals surface area contributed by atoms with Gasteiger partial charge in [-0.15, -0.1) is 0 Å². The molecule has 2 aliphatic rings. The Morgan fingerprint density at radius 2 is 2.20 bits per heavy atom. The van der Waals surface area contributed by atoms with E-state index in [0.29, 0.717) is 5.41 Å². The molecule has 0 heterocycles. The first-order valence-electron chi connectivity index (χ1n) is 6.47. The Hall–Kier alpha value is -0.520. The maximum atomic E-state index is 4.04. The van der Waals surface area contributed by atoms with Crippen LogP contribution in [0.1, 0.15) is 52.9 Å². The highest BCUT2D eigenvalue weighted by Gasteiger charge is 2.47. The van der Waals surface area contributed by atoms with Gasteiger partial charge in [-0.05, 0) is 54.9 Å². The van der Waals surface area contributed by atoms with Crippen molar-refractivity contribution in [1.29, 1.82) is 0 Å². The molecule has 84 valence electrons. The quantitative estimate of drug-likeness (QED) is 0.610. The molecule has 0 aromatic carbocycles. The molecule has 3 atom stereocenters. The van der Waals surface area contributed by atoms with E-state index in [-0.39, 0.29) is 0 Å². The second kappa shape index (κ2) is 3.81. The van der Waals surface area contributed by atoms with E-state index >= 15 is 0 Å². The topological polar surface area (TPSA) is 0 Å². The smallest absolute Gasteiger partial charge is 0.0106 e. The lowest BCUT2D eigenvalue weighted by Gasteiger charge is -2.41. The number of fused-ring (bicyclic) bond motifs is 1. The molecule has 0 amide bonds. The van der Waals surface area contributed by atoms with Gasteiger partial charge < -0.3 is 0 Å². The lowest BCUT2D eigenvalue weighted by atomic mass is 9.63. The summed E-state index contributed by atoms with van der Waals surface area (Å²) in [5, 5.41) is 0. The van der Waals surface area contributed by atoms with E-state index in [0.717, 1.165) is 11.8 Å². The van der Waals surface area contributed by atoms with Crippen LogP contribution in [0, 0.1) is 17.3 Å². The number of rotatable bonds is 2. The van der Waals surface area contributed by atoms with Gasteiger partial charge in [-0.25, -0.2) is 0 Å². The third-order valence-corrected chi connectivity index (χ3v) is 5.21. The Kier molecular flexibility index (Phi) is 2.79. The molecule has 3 unspecified atom stereocenters. The Morgan fingerprint density at radius 3 is 2.80 bits per heavy atom. The van der Waals surface area contributed by atoms with Crippen molar-refractivity contribution in [1.82, 2.24) is 0 Å². The van der Waals surface area contributed by atoms with E-state index in [1.54, 1.807) is 11.1 Å². The van der Waals surface area contributed by atoms with Crippen LogP contribution in [0.4, 0.5) is 0 Å². The molecule has 0 aromatic rings. The SMILES string of the molecule is C=CC1=C(CC)CCC2(C)C(C)CCC12. The molecule has 0 saturated heterocycles. The molecule has 1 fully saturated rings. The monoisotopic (exact) mass is 204 g/mol. The zero-order chi connectivity index (χ0) is 11.1. The average molecular weight is 204 g/mol. The van der Waals surface area contributed by atoms with Crippen LogP contribution in [-0.4, -0.2) is 0 Å². The van der Waals surface area contributed by atoms with Crippen LogP contribution >= 0.6 is 0 Å². The third-order valence-electron chi connectivity index (χ3n) is 5.21. The molecule has 0 radical (unpaired) electrons. The zero-order valence-corrected chi connectivity index (χ0v) is 10.5. The molecule has 0 N–H and O–H groups in total. The normalized spacial score (nSPS) is 40.5. The molecule has 0 spiro atoms. The predicted octanol–water partition coefficient (Wildman–Crippen LogP) is 4.73. The molecular weight excluding hydrogens is 180 g/mol. The molecule has 2 rings (SSSR count). The van der Waals surface area contributed by atoms with Gasteiger partial charge in [0.05, 0.1) is 0 Å². The summed E-state index contributed by atoms with van der Waals surface area (Å²) in [6.45, 7) is 11.3. The maximum absolute atomic E-state index is 4.04. The third kappa shape index (κ3) is 1.49. The zero-order valence-electron chi connectivity index (χ0n) is 10.5. The van der Waals surface area contributed by atoms with Crippen molar-refractivity contribution in [3.63, 3.8) is 0 Å². The predicted molar refractivity (Wildman–Crippen MR) is 66.7 cm³/mol. The summed E-state index contributed by atoms with van der Waals surface area (Å²) in [6.07, 6.45) is 8.90. The van der Waals surface area contributed by atoms with Gasteiger partial charge in [-0.2, -0.15) is 0 Å². The van der Waals surface area contributed by atoms with Crippen LogP contribution < -0.4 is 0 Å². The van der Waals surface area contributed by atoms with E-state index in [4.69, 9.17) is 0 Å². The lowest BCUT2D eigenvalue weighted by molar-refractivity contribution is 0.164. The first kappa shape index (κ1) is 11.0. The number of hydrogen-bond acceptors (Lipinski definition) is 0. The Balaban J connectivity index is 2.39. The summed E-state index contributed by atoms with van der Waals surface area (Å²) in [6, 6.07) is 0. The average Bonchev–Trinajstić information content (AvgIpc) is 2.54. The van der Waals surface area contributed by atoms with Gasteiger partial charge in [-0.3, -0.25) is 0 Å². The number of hydrogen-bond donors (Lipinski definition) is 0. The first-order chi connectivity index (χ1) is 7.13. The van der Waals surface area contributed by atoms with Gasteiger partial charge >= 0.3 is 0 Å². The van der Waals surface area contributed by atoms with Crippen molar-refractivity contribution in [2.45, 2.75) is 52.9 Å². The Morgan fingerprint density at radius 1 is 1.47 bits per heavy atom. The van der Waals surface area contributed by atoms with Gasteiger partial charge in [0, 0.05) is 0 Å². The van der Waals surface area contributed by atoms with Crippen molar-refractivity contribution < 1.29 is 0 Å². The van der Waals surface area contributed by atoms with Crippen LogP contribution in [-0.2, 0) is 0 Å². The lowest BCUT2D eigenvalue weighted by Crippen LogP contribution is -2.32. The van der Waals surface area contributed by atoms with Crippen molar-refractivity contribution in [3.05, 3.63) is 23.8 Å². The summed E-state index contributed by atoms with van der Waals surface area (Å²) < 4.78 is 0. The molecule has 2 aliphatic carbocycles. The molecule has 0 aliphatic heterocycles. The second-order valence-corrected chi connectivity index (χ2v) is 5.65. The van der Waals surface area contributed by atoms with Gasteiger partial charge in [0.15, 0.2) is 0 Å². The maximum Gasteiger partial charge on any atom is -0.0106 e. The van der Waals surface area contributed by atoms with Crippen LogP contribution in [0.5, 0.6) is 0 Å². The van der Waals surface area contributed by atoms with E-state index in [9.17, 15) is 0 Å². The summed E-state index contributed by atoms with van der Waals surface area (Å²) in [7, 11) is 0. The van der Waals surface area contributed by atoms with E-state index in [2.05, 4.69) is 33.4 Å². The second-order valence-electron chi connectivity index (χ2n) is 5.65. The molecule has 0 bridgehead atoms. The molecule has 0 aromatic heterocycles. The molecule has 15 heavy (non-hydrogen) atoms. The number of allylic oxidation sites excluding steroid dienone is 3. The van der Waals surface area contributed by atoms with Crippen molar-refractivity contribution in [2.75, 3.05) is 0 Å². The van der Waals surface area contributed by atoms with Gasteiger partial charge in [0.25, 0.3) is 0 Å². The van der Waals surface area contributed by atoms with Crippen molar-refractivity contribution in [3.8, 4) is 0 Å². The summed E-state index contributed by atoms with van der Waals surface area (Å²) in [4.78, 5) is 0. The van der Waals surface area contributed by atoms with E-state index in [1.165, 1.54) is 32.1 Å². The largest absolute Gasteiger partial charge is 0.0988 e. The minimum Gasteiger partial charge on any atom is -0.0988 e. The molecule has 0 heteroatoms. The highest BCUT2D eigenvalue weighted by molar-refractivity contribution is 5.33. The van der Waals surface area contributed by atoms with Gasteiger partial charge in [0.2, 0.25) is 0 Å². The van der Waals surface area contributed by atoms with E-state index in [1.807, 2.05) is 0 Å². The summed E-state index contributed by atoms with van der Waals surface area (Å²) in [5.41, 5.74) is 3.86. The molecule has 1 saturated carbocycles. The Labute approximate surface area is 94.5 Å². The van der Waals surface area contributed by atoms with Crippen LogP contribution in [0.15, 0.2) is 23.8 Å². The highest BCUT2D eigenvalue weighted by Crippen LogP contribution is 2.57. The highest BCUT2D eigenvalue weighted by atomic mass is 14.5. The fraction of sp³-hybridized carbons (Fsp3) is 0.733. The summed E-state index contributed by atoms with van der Waals surface area (Å²) >= 11 is 0. The standard InChI is InChI=1S/C15H24/c1-5-12-9-10-15(4)11(3)7-8-14(15)13(12)6-2/h6,11,14H,2,5,7-10H2,1,3-4H3. The van der Waals surface area contributed by atoms with E-state index < -0.39 is 0 Å². The van der Waals surface area contributed by atoms with Gasteiger partial charge in [-0.1, -0.05) is 39.0 Å². The van der Waals surface area contributed by atoms with Crippen molar-refractivity contribution in [2.24, 2.45) is 17.3 Å². The minimum absolute atomic E-state index is 0.572. The van der Waals surface area contributed by atoms with Crippen LogP contribution in [0.25, 0.3) is 0 Å². The summed E-state index contributed by atoms with van der Waals surface area (Å²) in [5.74, 6) is 1.71. The Bertz CT molecular complexity index is 297. The van der Waals surface area contributed by atoms with Crippen LogP contribution in [0.3, 0.4) is 0 Å². The van der Waals surface area contributed by atoms with Crippen LogP contribution in [0.2, 0.25) is 0 Å². The van der Waals surface area contributed by atoms with Crippen molar-refractivity contribution >= 4 is 0 Å².